The zero-order chi connectivity index (χ0) is 22.1. The first-order valence-corrected chi connectivity index (χ1v) is 9.56. The minimum absolute atomic E-state index is 0.145. The Kier molecular flexibility index (Phi) is 8.64. The maximum Gasteiger partial charge on any atom is 0.306 e. The van der Waals surface area contributed by atoms with E-state index < -0.39 is 24.4 Å². The summed E-state index contributed by atoms with van der Waals surface area (Å²) < 4.78 is 4.86. The standard InChI is InChI=1S/C20H19Cl2N3O5/c1-12(26)23-14-3-5-15(6-4-14)24-19(28)11-30-20(29)9-8-18(27)25-17-10-13(21)2-7-16(17)22/h2-7,10H,8-9,11H2,1H3,(H,23,26)(H,24,28)(H,25,27). The van der Waals surface area contributed by atoms with Crippen molar-refractivity contribution in [3.8, 4) is 0 Å². The van der Waals surface area contributed by atoms with E-state index in [0.29, 0.717) is 27.1 Å². The molecule has 0 aliphatic rings. The number of esters is 1. The van der Waals surface area contributed by atoms with Crippen LogP contribution in [0.3, 0.4) is 0 Å². The fourth-order valence-electron chi connectivity index (χ4n) is 2.28. The number of halogens is 2. The third kappa shape index (κ3) is 8.10. The van der Waals surface area contributed by atoms with Gasteiger partial charge in [0.25, 0.3) is 5.91 Å². The molecule has 0 aliphatic heterocycles. The van der Waals surface area contributed by atoms with Gasteiger partial charge in [-0.15, -0.1) is 0 Å². The predicted molar refractivity (Wildman–Crippen MR) is 115 cm³/mol. The van der Waals surface area contributed by atoms with Crippen LogP contribution in [0.15, 0.2) is 42.5 Å². The Labute approximate surface area is 182 Å². The molecule has 0 fully saturated rings. The number of carbonyl (C=O) groups is 4. The Balaban J connectivity index is 1.71. The highest BCUT2D eigenvalue weighted by molar-refractivity contribution is 6.35. The SMILES string of the molecule is CC(=O)Nc1ccc(NC(=O)COC(=O)CCC(=O)Nc2cc(Cl)ccc2Cl)cc1. The van der Waals surface area contributed by atoms with E-state index in [4.69, 9.17) is 27.9 Å². The topological polar surface area (TPSA) is 114 Å². The zero-order valence-electron chi connectivity index (χ0n) is 16.0. The van der Waals surface area contributed by atoms with Crippen LogP contribution in [-0.2, 0) is 23.9 Å². The minimum Gasteiger partial charge on any atom is -0.456 e. The number of hydrogen-bond acceptors (Lipinski definition) is 5. The second kappa shape index (κ2) is 11.2. The Bertz CT molecular complexity index is 948. The molecular formula is C20H19Cl2N3O5. The summed E-state index contributed by atoms with van der Waals surface area (Å²) in [6.07, 6.45) is -0.351. The van der Waals surface area contributed by atoms with Gasteiger partial charge in [-0.1, -0.05) is 23.2 Å². The second-order valence-corrected chi connectivity index (χ2v) is 6.98. The van der Waals surface area contributed by atoms with E-state index in [1.807, 2.05) is 0 Å². The highest BCUT2D eigenvalue weighted by Gasteiger charge is 2.12. The number of amides is 3. The Morgan fingerprint density at radius 1 is 0.833 bits per heavy atom. The average Bonchev–Trinajstić information content (AvgIpc) is 2.69. The molecule has 0 radical (unpaired) electrons. The van der Waals surface area contributed by atoms with Crippen molar-refractivity contribution in [3.63, 3.8) is 0 Å². The van der Waals surface area contributed by atoms with Gasteiger partial charge >= 0.3 is 5.97 Å². The van der Waals surface area contributed by atoms with Crippen LogP contribution in [0.25, 0.3) is 0 Å². The Morgan fingerprint density at radius 3 is 2.10 bits per heavy atom. The first-order chi connectivity index (χ1) is 14.2. The van der Waals surface area contributed by atoms with Crippen LogP contribution in [-0.4, -0.2) is 30.3 Å². The van der Waals surface area contributed by atoms with Crippen LogP contribution < -0.4 is 16.0 Å². The molecule has 0 heterocycles. The van der Waals surface area contributed by atoms with E-state index >= 15 is 0 Å². The highest BCUT2D eigenvalue weighted by Crippen LogP contribution is 2.25. The average molecular weight is 452 g/mol. The summed E-state index contributed by atoms with van der Waals surface area (Å²) >= 11 is 11.8. The normalized spacial score (nSPS) is 10.1. The molecule has 0 bridgehead atoms. The number of benzene rings is 2. The van der Waals surface area contributed by atoms with Crippen molar-refractivity contribution < 1.29 is 23.9 Å². The van der Waals surface area contributed by atoms with Crippen molar-refractivity contribution in [3.05, 3.63) is 52.5 Å². The van der Waals surface area contributed by atoms with E-state index in [9.17, 15) is 19.2 Å². The van der Waals surface area contributed by atoms with Gasteiger partial charge in [-0.05, 0) is 42.5 Å². The molecule has 8 nitrogen and oxygen atoms in total. The lowest BCUT2D eigenvalue weighted by Crippen LogP contribution is -2.21. The molecule has 0 aromatic heterocycles. The lowest BCUT2D eigenvalue weighted by molar-refractivity contribution is -0.147. The number of ether oxygens (including phenoxy) is 1. The van der Waals surface area contributed by atoms with Crippen molar-refractivity contribution in [2.75, 3.05) is 22.6 Å². The molecule has 158 valence electrons. The smallest absolute Gasteiger partial charge is 0.306 e. The molecule has 0 aliphatic carbocycles. The first-order valence-electron chi connectivity index (χ1n) is 8.81. The van der Waals surface area contributed by atoms with E-state index in [0.717, 1.165) is 0 Å². The van der Waals surface area contributed by atoms with Crippen LogP contribution in [0.1, 0.15) is 19.8 Å². The molecule has 2 aromatic rings. The summed E-state index contributed by atoms with van der Waals surface area (Å²) in [7, 11) is 0. The monoisotopic (exact) mass is 451 g/mol. The van der Waals surface area contributed by atoms with Crippen LogP contribution >= 0.6 is 23.2 Å². The molecule has 30 heavy (non-hydrogen) atoms. The molecule has 3 N–H and O–H groups in total. The largest absolute Gasteiger partial charge is 0.456 e. The van der Waals surface area contributed by atoms with Gasteiger partial charge in [-0.3, -0.25) is 19.2 Å². The fraction of sp³-hybridized carbons (Fsp3) is 0.200. The van der Waals surface area contributed by atoms with E-state index in [2.05, 4.69) is 16.0 Å². The molecule has 0 saturated heterocycles. The van der Waals surface area contributed by atoms with Crippen molar-refractivity contribution in [1.82, 2.24) is 0 Å². The van der Waals surface area contributed by atoms with Crippen LogP contribution in [0.4, 0.5) is 17.1 Å². The highest BCUT2D eigenvalue weighted by atomic mass is 35.5. The van der Waals surface area contributed by atoms with Gasteiger partial charge in [0.1, 0.15) is 0 Å². The third-order valence-electron chi connectivity index (χ3n) is 3.61. The van der Waals surface area contributed by atoms with Crippen molar-refractivity contribution in [1.29, 1.82) is 0 Å². The lowest BCUT2D eigenvalue weighted by atomic mass is 10.2. The molecule has 3 amide bonds. The van der Waals surface area contributed by atoms with Gasteiger partial charge in [0.2, 0.25) is 11.8 Å². The predicted octanol–water partition coefficient (Wildman–Crippen LogP) is 3.85. The van der Waals surface area contributed by atoms with Crippen molar-refractivity contribution in [2.45, 2.75) is 19.8 Å². The number of nitrogens with one attached hydrogen (secondary N) is 3. The summed E-state index contributed by atoms with van der Waals surface area (Å²) in [6, 6.07) is 11.0. The third-order valence-corrected chi connectivity index (χ3v) is 4.18. The van der Waals surface area contributed by atoms with E-state index in [-0.39, 0.29) is 18.7 Å². The maximum atomic E-state index is 11.9. The number of anilines is 3. The van der Waals surface area contributed by atoms with Crippen LogP contribution in [0, 0.1) is 0 Å². The van der Waals surface area contributed by atoms with Gasteiger partial charge in [0.15, 0.2) is 6.61 Å². The fourth-order valence-corrected chi connectivity index (χ4v) is 2.61. The van der Waals surface area contributed by atoms with Gasteiger partial charge in [0, 0.05) is 29.7 Å². The molecule has 0 saturated carbocycles. The number of carbonyl (C=O) groups excluding carboxylic acids is 4. The molecule has 0 atom stereocenters. The number of hydrogen-bond donors (Lipinski definition) is 3. The lowest BCUT2D eigenvalue weighted by Gasteiger charge is -2.09. The van der Waals surface area contributed by atoms with Crippen molar-refractivity contribution in [2.24, 2.45) is 0 Å². The summed E-state index contributed by atoms with van der Waals surface area (Å²) in [5, 5.41) is 8.43. The summed E-state index contributed by atoms with van der Waals surface area (Å²) in [6.45, 7) is 0.897. The first kappa shape index (κ1) is 23.2. The summed E-state index contributed by atoms with van der Waals surface area (Å²) in [4.78, 5) is 46.5. The Hall–Kier alpha value is -3.10. The summed E-state index contributed by atoms with van der Waals surface area (Å²) in [5.41, 5.74) is 1.40. The van der Waals surface area contributed by atoms with Gasteiger partial charge in [0.05, 0.1) is 17.1 Å². The Morgan fingerprint density at radius 2 is 1.47 bits per heavy atom. The summed E-state index contributed by atoms with van der Waals surface area (Å²) in [5.74, 6) is -1.88. The number of rotatable bonds is 8. The molecule has 10 heteroatoms. The van der Waals surface area contributed by atoms with Gasteiger partial charge in [-0.25, -0.2) is 0 Å². The quantitative estimate of drug-likeness (QED) is 0.527. The maximum absolute atomic E-state index is 11.9. The van der Waals surface area contributed by atoms with Crippen molar-refractivity contribution >= 4 is 64.0 Å². The van der Waals surface area contributed by atoms with Gasteiger partial charge < -0.3 is 20.7 Å². The second-order valence-electron chi connectivity index (χ2n) is 6.14. The molecule has 2 rings (SSSR count). The van der Waals surface area contributed by atoms with Gasteiger partial charge in [-0.2, -0.15) is 0 Å². The molecule has 2 aromatic carbocycles. The van der Waals surface area contributed by atoms with Crippen LogP contribution in [0.5, 0.6) is 0 Å². The molecular weight excluding hydrogens is 433 g/mol. The van der Waals surface area contributed by atoms with Crippen LogP contribution in [0.2, 0.25) is 10.0 Å². The molecule has 0 spiro atoms. The van der Waals surface area contributed by atoms with E-state index in [1.165, 1.54) is 13.0 Å². The zero-order valence-corrected chi connectivity index (χ0v) is 17.5. The minimum atomic E-state index is -0.696. The van der Waals surface area contributed by atoms with E-state index in [1.54, 1.807) is 36.4 Å². The molecule has 0 unspecified atom stereocenters.